The first-order chi connectivity index (χ1) is 8.73. The summed E-state index contributed by atoms with van der Waals surface area (Å²) < 4.78 is 23.8. The summed E-state index contributed by atoms with van der Waals surface area (Å²) in [6.07, 6.45) is -1.50. The number of methoxy groups -OCH3 is 2. The Morgan fingerprint density at radius 1 is 1.37 bits per heavy atom. The van der Waals surface area contributed by atoms with Gasteiger partial charge in [-0.3, -0.25) is 0 Å². The van der Waals surface area contributed by atoms with Crippen LogP contribution in [-0.4, -0.2) is 25.3 Å². The molecule has 0 heterocycles. The molecule has 0 amide bonds. The molecule has 0 bridgehead atoms. The number of aliphatic hydroxyl groups is 1. The third kappa shape index (κ3) is 3.04. The standard InChI is InChI=1S/C14H19FO4/c1-8-6-7-9(14(2,3)15)12(18-4)10(8)11(16)13(17)19-5/h6-7,11,16H,1-5H3. The van der Waals surface area contributed by atoms with Crippen LogP contribution in [-0.2, 0) is 15.2 Å². The summed E-state index contributed by atoms with van der Waals surface area (Å²) in [5.41, 5.74) is -0.511. The maximum atomic E-state index is 14.1. The summed E-state index contributed by atoms with van der Waals surface area (Å²) in [5.74, 6) is -0.638. The molecule has 1 aromatic carbocycles. The Morgan fingerprint density at radius 2 is 1.95 bits per heavy atom. The van der Waals surface area contributed by atoms with Crippen LogP contribution in [0.3, 0.4) is 0 Å². The Balaban J connectivity index is 3.50. The quantitative estimate of drug-likeness (QED) is 0.854. The number of carbonyl (C=O) groups excluding carboxylic acids is 1. The zero-order valence-electron chi connectivity index (χ0n) is 11.8. The van der Waals surface area contributed by atoms with Gasteiger partial charge in [0.2, 0.25) is 0 Å². The van der Waals surface area contributed by atoms with Crippen LogP contribution in [0.25, 0.3) is 0 Å². The van der Waals surface area contributed by atoms with E-state index in [0.29, 0.717) is 5.56 Å². The molecule has 0 saturated heterocycles. The van der Waals surface area contributed by atoms with Gasteiger partial charge in [0.25, 0.3) is 0 Å². The molecule has 106 valence electrons. The predicted molar refractivity (Wildman–Crippen MR) is 68.8 cm³/mol. The molecular weight excluding hydrogens is 251 g/mol. The molecule has 0 radical (unpaired) electrons. The minimum absolute atomic E-state index is 0.172. The van der Waals surface area contributed by atoms with Gasteiger partial charge in [-0.1, -0.05) is 12.1 Å². The number of esters is 1. The van der Waals surface area contributed by atoms with E-state index >= 15 is 0 Å². The van der Waals surface area contributed by atoms with Gasteiger partial charge in [-0.05, 0) is 26.3 Å². The summed E-state index contributed by atoms with van der Waals surface area (Å²) in [5, 5.41) is 9.99. The van der Waals surface area contributed by atoms with Gasteiger partial charge in [0.1, 0.15) is 11.4 Å². The average Bonchev–Trinajstić information content (AvgIpc) is 2.34. The van der Waals surface area contributed by atoms with Crippen molar-refractivity contribution in [3.8, 4) is 5.75 Å². The van der Waals surface area contributed by atoms with Crippen molar-refractivity contribution in [2.24, 2.45) is 0 Å². The van der Waals surface area contributed by atoms with E-state index in [1.54, 1.807) is 19.1 Å². The van der Waals surface area contributed by atoms with Gasteiger partial charge in [0, 0.05) is 11.1 Å². The van der Waals surface area contributed by atoms with Crippen molar-refractivity contribution in [3.05, 3.63) is 28.8 Å². The molecule has 5 heteroatoms. The fraction of sp³-hybridized carbons (Fsp3) is 0.500. The van der Waals surface area contributed by atoms with Gasteiger partial charge < -0.3 is 14.6 Å². The lowest BCUT2D eigenvalue weighted by atomic mass is 9.91. The normalized spacial score (nSPS) is 13.0. The lowest BCUT2D eigenvalue weighted by Crippen LogP contribution is -2.19. The Morgan fingerprint density at radius 3 is 2.37 bits per heavy atom. The van der Waals surface area contributed by atoms with Crippen molar-refractivity contribution in [1.82, 2.24) is 0 Å². The van der Waals surface area contributed by atoms with Gasteiger partial charge in [-0.25, -0.2) is 9.18 Å². The number of aliphatic hydroxyl groups excluding tert-OH is 1. The first-order valence-corrected chi connectivity index (χ1v) is 5.86. The second kappa shape index (κ2) is 5.57. The van der Waals surface area contributed by atoms with Gasteiger partial charge in [0.15, 0.2) is 6.10 Å². The van der Waals surface area contributed by atoms with Crippen molar-refractivity contribution >= 4 is 5.97 Å². The number of carbonyl (C=O) groups is 1. The third-order valence-corrected chi connectivity index (χ3v) is 2.96. The van der Waals surface area contributed by atoms with Crippen molar-refractivity contribution in [2.45, 2.75) is 32.5 Å². The van der Waals surface area contributed by atoms with E-state index in [1.807, 2.05) is 0 Å². The van der Waals surface area contributed by atoms with E-state index in [9.17, 15) is 14.3 Å². The molecule has 4 nitrogen and oxygen atoms in total. The summed E-state index contributed by atoms with van der Waals surface area (Å²) in [7, 11) is 2.55. The molecule has 1 unspecified atom stereocenters. The number of aryl methyl sites for hydroxylation is 1. The van der Waals surface area contributed by atoms with Crippen LogP contribution in [0.1, 0.15) is 36.6 Å². The number of ether oxygens (including phenoxy) is 2. The second-order valence-corrected chi connectivity index (χ2v) is 4.78. The van der Waals surface area contributed by atoms with Crippen LogP contribution in [0, 0.1) is 6.92 Å². The molecule has 0 aromatic heterocycles. The summed E-state index contributed by atoms with van der Waals surface area (Å²) >= 11 is 0. The monoisotopic (exact) mass is 270 g/mol. The van der Waals surface area contributed by atoms with Crippen LogP contribution >= 0.6 is 0 Å². The minimum Gasteiger partial charge on any atom is -0.496 e. The fourth-order valence-electron chi connectivity index (χ4n) is 1.96. The van der Waals surface area contributed by atoms with Gasteiger partial charge >= 0.3 is 5.97 Å². The number of benzene rings is 1. The molecule has 0 aliphatic heterocycles. The van der Waals surface area contributed by atoms with E-state index in [1.165, 1.54) is 28.1 Å². The van der Waals surface area contributed by atoms with Crippen LogP contribution in [0.4, 0.5) is 4.39 Å². The third-order valence-electron chi connectivity index (χ3n) is 2.96. The molecule has 0 spiro atoms. The summed E-state index contributed by atoms with van der Waals surface area (Å²) in [6, 6.07) is 3.22. The second-order valence-electron chi connectivity index (χ2n) is 4.78. The zero-order chi connectivity index (χ0) is 14.8. The van der Waals surface area contributed by atoms with Crippen LogP contribution in [0.5, 0.6) is 5.75 Å². The molecule has 0 aliphatic carbocycles. The van der Waals surface area contributed by atoms with E-state index in [2.05, 4.69) is 4.74 Å². The van der Waals surface area contributed by atoms with Crippen molar-refractivity contribution in [2.75, 3.05) is 14.2 Å². The maximum absolute atomic E-state index is 14.1. The van der Waals surface area contributed by atoms with Gasteiger partial charge in [0.05, 0.1) is 14.2 Å². The number of hydrogen-bond acceptors (Lipinski definition) is 4. The lowest BCUT2D eigenvalue weighted by Gasteiger charge is -2.23. The number of rotatable bonds is 4. The largest absolute Gasteiger partial charge is 0.496 e. The highest BCUT2D eigenvalue weighted by Crippen LogP contribution is 2.39. The highest BCUT2D eigenvalue weighted by molar-refractivity contribution is 5.78. The molecule has 1 N–H and O–H groups in total. The maximum Gasteiger partial charge on any atom is 0.339 e. The molecule has 1 atom stereocenters. The molecule has 1 aromatic rings. The molecule has 0 fully saturated rings. The van der Waals surface area contributed by atoms with E-state index in [-0.39, 0.29) is 16.9 Å². The highest BCUT2D eigenvalue weighted by Gasteiger charge is 2.31. The summed E-state index contributed by atoms with van der Waals surface area (Å²) in [6.45, 7) is 4.47. The number of halogens is 1. The smallest absolute Gasteiger partial charge is 0.339 e. The molecule has 19 heavy (non-hydrogen) atoms. The SMILES string of the molecule is COC(=O)C(O)c1c(C)ccc(C(C)(C)F)c1OC. The minimum atomic E-state index is -1.65. The Kier molecular flexibility index (Phi) is 4.52. The number of alkyl halides is 1. The van der Waals surface area contributed by atoms with E-state index in [0.717, 1.165) is 0 Å². The van der Waals surface area contributed by atoms with E-state index < -0.39 is 17.7 Å². The highest BCUT2D eigenvalue weighted by atomic mass is 19.1. The predicted octanol–water partition coefficient (Wildman–Crippen LogP) is 2.41. The van der Waals surface area contributed by atoms with E-state index in [4.69, 9.17) is 4.74 Å². The van der Waals surface area contributed by atoms with Crippen LogP contribution < -0.4 is 4.74 Å². The Labute approximate surface area is 112 Å². The Bertz CT molecular complexity index is 477. The Hall–Kier alpha value is -1.62. The van der Waals surface area contributed by atoms with Crippen molar-refractivity contribution < 1.29 is 23.8 Å². The average molecular weight is 270 g/mol. The molecule has 0 saturated carbocycles. The topological polar surface area (TPSA) is 55.8 Å². The first-order valence-electron chi connectivity index (χ1n) is 5.86. The number of hydrogen-bond donors (Lipinski definition) is 1. The van der Waals surface area contributed by atoms with Crippen LogP contribution in [0.2, 0.25) is 0 Å². The van der Waals surface area contributed by atoms with Gasteiger partial charge in [-0.2, -0.15) is 0 Å². The molecule has 1 rings (SSSR count). The zero-order valence-corrected chi connectivity index (χ0v) is 11.8. The van der Waals surface area contributed by atoms with Gasteiger partial charge in [-0.15, -0.1) is 0 Å². The summed E-state index contributed by atoms with van der Waals surface area (Å²) in [4.78, 5) is 11.5. The first kappa shape index (κ1) is 15.4. The molecule has 0 aliphatic rings. The van der Waals surface area contributed by atoms with Crippen molar-refractivity contribution in [1.29, 1.82) is 0 Å². The molecular formula is C14H19FO4. The van der Waals surface area contributed by atoms with Crippen molar-refractivity contribution in [3.63, 3.8) is 0 Å². The van der Waals surface area contributed by atoms with Crippen LogP contribution in [0.15, 0.2) is 12.1 Å². The fourth-order valence-corrected chi connectivity index (χ4v) is 1.96. The lowest BCUT2D eigenvalue weighted by molar-refractivity contribution is -0.150.